The maximum atomic E-state index is 12.1. The molecule has 9 heteroatoms. The molecule has 1 saturated heterocycles. The second-order valence-corrected chi connectivity index (χ2v) is 7.77. The van der Waals surface area contributed by atoms with E-state index >= 15 is 0 Å². The molecule has 1 amide bonds. The van der Waals surface area contributed by atoms with E-state index in [1.165, 1.54) is 0 Å². The van der Waals surface area contributed by atoms with E-state index in [1.54, 1.807) is 24.5 Å². The molecule has 1 aromatic heterocycles. The number of aryl methyl sites for hydroxylation is 1. The van der Waals surface area contributed by atoms with Crippen LogP contribution in [0.3, 0.4) is 0 Å². The number of halogens is 1. The van der Waals surface area contributed by atoms with Gasteiger partial charge >= 0.3 is 0 Å². The van der Waals surface area contributed by atoms with Crippen LogP contribution in [0.15, 0.2) is 47.7 Å². The summed E-state index contributed by atoms with van der Waals surface area (Å²) in [6, 6.07) is 9.69. The number of amides is 1. The summed E-state index contributed by atoms with van der Waals surface area (Å²) in [7, 11) is 0. The molecule has 180 valence electrons. The summed E-state index contributed by atoms with van der Waals surface area (Å²) in [5.74, 6) is 1.88. The Morgan fingerprint density at radius 3 is 2.82 bits per heavy atom. The van der Waals surface area contributed by atoms with Crippen molar-refractivity contribution in [1.82, 2.24) is 20.9 Å². The molecular formula is C24H34IN5O3. The highest BCUT2D eigenvalue weighted by atomic mass is 127. The van der Waals surface area contributed by atoms with Crippen LogP contribution in [-0.4, -0.2) is 56.3 Å². The fourth-order valence-corrected chi connectivity index (χ4v) is 3.31. The van der Waals surface area contributed by atoms with Crippen LogP contribution < -0.4 is 20.7 Å². The van der Waals surface area contributed by atoms with Crippen LogP contribution in [0.25, 0.3) is 0 Å². The van der Waals surface area contributed by atoms with E-state index in [1.807, 2.05) is 6.92 Å². The molecule has 1 aromatic carbocycles. The molecule has 8 nitrogen and oxygen atoms in total. The molecule has 0 aliphatic carbocycles. The summed E-state index contributed by atoms with van der Waals surface area (Å²) in [6.07, 6.45) is 4.24. The molecule has 2 aromatic rings. The first-order valence-electron chi connectivity index (χ1n) is 11.2. The highest BCUT2D eigenvalue weighted by Crippen LogP contribution is 2.23. The van der Waals surface area contributed by atoms with Crippen molar-refractivity contribution in [3.8, 4) is 5.75 Å². The minimum absolute atomic E-state index is 0. The van der Waals surface area contributed by atoms with Crippen LogP contribution in [0.4, 0.5) is 0 Å². The number of rotatable bonds is 10. The smallest absolute Gasteiger partial charge is 0.252 e. The average Bonchev–Trinajstić information content (AvgIpc) is 3.33. The summed E-state index contributed by atoms with van der Waals surface area (Å²) >= 11 is 0. The molecule has 3 rings (SSSR count). The van der Waals surface area contributed by atoms with Gasteiger partial charge in [-0.2, -0.15) is 0 Å². The van der Waals surface area contributed by atoms with E-state index in [4.69, 9.17) is 14.5 Å². The molecule has 1 aliphatic heterocycles. The van der Waals surface area contributed by atoms with Crippen LogP contribution in [-0.2, 0) is 11.3 Å². The number of carbonyl (C=O) groups excluding carboxylic acids is 1. The van der Waals surface area contributed by atoms with Crippen molar-refractivity contribution in [2.75, 3.05) is 39.5 Å². The zero-order valence-corrected chi connectivity index (χ0v) is 21.6. The number of hydrogen-bond donors (Lipinski definition) is 3. The Balaban J connectivity index is 0.00000385. The van der Waals surface area contributed by atoms with Gasteiger partial charge in [-0.3, -0.25) is 9.78 Å². The van der Waals surface area contributed by atoms with Crippen molar-refractivity contribution < 1.29 is 14.3 Å². The van der Waals surface area contributed by atoms with Gasteiger partial charge in [-0.15, -0.1) is 24.0 Å². The molecule has 0 radical (unpaired) electrons. The Morgan fingerprint density at radius 2 is 2.09 bits per heavy atom. The van der Waals surface area contributed by atoms with Crippen molar-refractivity contribution in [3.63, 3.8) is 0 Å². The number of hydrogen-bond acceptors (Lipinski definition) is 5. The minimum atomic E-state index is -0.143. The maximum Gasteiger partial charge on any atom is 0.252 e. The number of aromatic nitrogens is 1. The summed E-state index contributed by atoms with van der Waals surface area (Å²) in [6.45, 7) is 8.59. The first kappa shape index (κ1) is 26.8. The summed E-state index contributed by atoms with van der Waals surface area (Å²) in [5, 5.41) is 9.37. The normalized spacial score (nSPS) is 15.5. The van der Waals surface area contributed by atoms with Crippen LogP contribution in [0.1, 0.15) is 34.8 Å². The molecule has 0 spiro atoms. The lowest BCUT2D eigenvalue weighted by atomic mass is 10.1. The van der Waals surface area contributed by atoms with Crippen LogP contribution in [0, 0.1) is 12.8 Å². The van der Waals surface area contributed by atoms with E-state index < -0.39 is 0 Å². The monoisotopic (exact) mass is 567 g/mol. The average molecular weight is 567 g/mol. The third-order valence-corrected chi connectivity index (χ3v) is 5.10. The van der Waals surface area contributed by atoms with E-state index in [0.717, 1.165) is 43.1 Å². The van der Waals surface area contributed by atoms with Gasteiger partial charge in [0.1, 0.15) is 5.75 Å². The second kappa shape index (κ2) is 14.7. The van der Waals surface area contributed by atoms with Gasteiger partial charge in [-0.1, -0.05) is 12.1 Å². The lowest BCUT2D eigenvalue weighted by Crippen LogP contribution is -2.41. The van der Waals surface area contributed by atoms with Gasteiger partial charge in [0, 0.05) is 50.1 Å². The highest BCUT2D eigenvalue weighted by molar-refractivity contribution is 14.0. The quantitative estimate of drug-likeness (QED) is 0.177. The Bertz CT molecular complexity index is 889. The topological polar surface area (TPSA) is 96.9 Å². The minimum Gasteiger partial charge on any atom is -0.493 e. The highest BCUT2D eigenvalue weighted by Gasteiger charge is 2.17. The SMILES string of the molecule is CCNC(=NCc1ccc(C)cc1OCC1CCOC1)NCCNC(=O)c1cccnc1.I. The molecule has 0 saturated carbocycles. The standard InChI is InChI=1S/C24H33N5O3.HI/c1-3-26-24(28-11-10-27-23(30)21-5-4-9-25-14-21)29-15-20-7-6-18(2)13-22(20)32-17-19-8-12-31-16-19;/h4-7,9,13-14,19H,3,8,10-12,15-17H2,1-2H3,(H,27,30)(H2,26,28,29);1H. The molecule has 1 unspecified atom stereocenters. The third kappa shape index (κ3) is 9.17. The fourth-order valence-electron chi connectivity index (χ4n) is 3.31. The van der Waals surface area contributed by atoms with Crippen molar-refractivity contribution in [3.05, 3.63) is 59.4 Å². The van der Waals surface area contributed by atoms with Gasteiger partial charge in [0.25, 0.3) is 5.91 Å². The predicted molar refractivity (Wildman–Crippen MR) is 140 cm³/mol. The Morgan fingerprint density at radius 1 is 1.24 bits per heavy atom. The van der Waals surface area contributed by atoms with Crippen LogP contribution in [0.2, 0.25) is 0 Å². The number of pyridine rings is 1. The number of nitrogens with zero attached hydrogens (tertiary/aromatic N) is 2. The summed E-state index contributed by atoms with van der Waals surface area (Å²) in [5.41, 5.74) is 2.74. The van der Waals surface area contributed by atoms with Crippen LogP contribution >= 0.6 is 24.0 Å². The largest absolute Gasteiger partial charge is 0.493 e. The molecule has 1 aliphatic rings. The van der Waals surface area contributed by atoms with Crippen LogP contribution in [0.5, 0.6) is 5.75 Å². The van der Waals surface area contributed by atoms with Crippen molar-refractivity contribution >= 4 is 35.8 Å². The van der Waals surface area contributed by atoms with Gasteiger partial charge in [0.15, 0.2) is 5.96 Å². The summed E-state index contributed by atoms with van der Waals surface area (Å²) < 4.78 is 11.6. The molecule has 3 N–H and O–H groups in total. The molecule has 1 fully saturated rings. The maximum absolute atomic E-state index is 12.1. The Hall–Kier alpha value is -2.40. The fraction of sp³-hybridized carbons (Fsp3) is 0.458. The second-order valence-electron chi connectivity index (χ2n) is 7.77. The Labute approximate surface area is 213 Å². The predicted octanol–water partition coefficient (Wildman–Crippen LogP) is 2.91. The lowest BCUT2D eigenvalue weighted by molar-refractivity contribution is 0.0954. The molecular weight excluding hydrogens is 533 g/mol. The van der Waals surface area contributed by atoms with Crippen molar-refractivity contribution in [2.45, 2.75) is 26.8 Å². The van der Waals surface area contributed by atoms with E-state index in [2.05, 4.69) is 46.1 Å². The van der Waals surface area contributed by atoms with Gasteiger partial charge in [0.2, 0.25) is 0 Å². The zero-order chi connectivity index (χ0) is 22.6. The summed E-state index contributed by atoms with van der Waals surface area (Å²) in [4.78, 5) is 20.8. The molecule has 0 bridgehead atoms. The van der Waals surface area contributed by atoms with Gasteiger partial charge in [-0.25, -0.2) is 4.99 Å². The van der Waals surface area contributed by atoms with Crippen molar-refractivity contribution in [1.29, 1.82) is 0 Å². The number of guanidine groups is 1. The zero-order valence-electron chi connectivity index (χ0n) is 19.3. The van der Waals surface area contributed by atoms with E-state index in [9.17, 15) is 4.79 Å². The third-order valence-electron chi connectivity index (χ3n) is 5.10. The lowest BCUT2D eigenvalue weighted by Gasteiger charge is -2.15. The first-order chi connectivity index (χ1) is 15.7. The molecule has 1 atom stereocenters. The molecule has 33 heavy (non-hydrogen) atoms. The number of benzene rings is 1. The van der Waals surface area contributed by atoms with Gasteiger partial charge in [0.05, 0.1) is 25.3 Å². The molecule has 2 heterocycles. The first-order valence-corrected chi connectivity index (χ1v) is 11.2. The number of nitrogens with one attached hydrogen (secondary N) is 3. The van der Waals surface area contributed by atoms with E-state index in [-0.39, 0.29) is 29.9 Å². The number of aliphatic imine (C=N–C) groups is 1. The number of ether oxygens (including phenoxy) is 2. The van der Waals surface area contributed by atoms with Gasteiger partial charge in [-0.05, 0) is 44.0 Å². The van der Waals surface area contributed by atoms with Crippen molar-refractivity contribution in [2.24, 2.45) is 10.9 Å². The Kier molecular flexibility index (Phi) is 12.0. The van der Waals surface area contributed by atoms with E-state index in [0.29, 0.717) is 43.7 Å². The number of carbonyl (C=O) groups is 1. The van der Waals surface area contributed by atoms with Gasteiger partial charge < -0.3 is 25.4 Å².